The Labute approximate surface area is 145 Å². The number of hydrogen-bond acceptors (Lipinski definition) is 4. The molecule has 25 heavy (non-hydrogen) atoms. The quantitative estimate of drug-likeness (QED) is 0.784. The van der Waals surface area contributed by atoms with Gasteiger partial charge in [0.05, 0.1) is 11.7 Å². The van der Waals surface area contributed by atoms with Crippen LogP contribution < -0.4 is 20.7 Å². The molecule has 2 atom stereocenters. The van der Waals surface area contributed by atoms with Crippen LogP contribution in [0.2, 0.25) is 0 Å². The third kappa shape index (κ3) is 3.08. The lowest BCUT2D eigenvalue weighted by atomic mass is 9.95. The van der Waals surface area contributed by atoms with Crippen LogP contribution in [0.5, 0.6) is 5.75 Å². The molecule has 128 valence electrons. The maximum absolute atomic E-state index is 12.6. The van der Waals surface area contributed by atoms with Gasteiger partial charge in [0.1, 0.15) is 5.75 Å². The summed E-state index contributed by atoms with van der Waals surface area (Å²) in [6.45, 7) is 2.38. The Morgan fingerprint density at radius 3 is 2.84 bits per heavy atom. The van der Waals surface area contributed by atoms with E-state index in [0.717, 1.165) is 0 Å². The molecule has 2 heterocycles. The van der Waals surface area contributed by atoms with E-state index in [1.165, 1.54) is 11.1 Å². The number of fused-ring (bicyclic) bond motifs is 2. The monoisotopic (exact) mass is 337 g/mol. The molecule has 0 bridgehead atoms. The third-order valence-corrected chi connectivity index (χ3v) is 4.58. The van der Waals surface area contributed by atoms with Crippen molar-refractivity contribution >= 4 is 23.2 Å². The lowest BCUT2D eigenvalue weighted by molar-refractivity contribution is -0.122. The minimum absolute atomic E-state index is 0.0918. The minimum Gasteiger partial charge on any atom is -0.479 e. The van der Waals surface area contributed by atoms with Crippen molar-refractivity contribution in [3.8, 4) is 5.75 Å². The minimum atomic E-state index is -0.514. The van der Waals surface area contributed by atoms with Crippen LogP contribution in [0.25, 0.3) is 0 Å². The van der Waals surface area contributed by atoms with E-state index in [4.69, 9.17) is 4.74 Å². The van der Waals surface area contributed by atoms with Crippen molar-refractivity contribution in [3.05, 3.63) is 53.6 Å². The molecule has 6 heteroatoms. The number of rotatable bonds is 2. The number of hydrogen-bond donors (Lipinski definition) is 3. The zero-order chi connectivity index (χ0) is 17.4. The van der Waals surface area contributed by atoms with Crippen LogP contribution in [0.3, 0.4) is 0 Å². The summed E-state index contributed by atoms with van der Waals surface area (Å²) in [6.07, 6.45) is 0.143. The Morgan fingerprint density at radius 1 is 1.20 bits per heavy atom. The lowest BCUT2D eigenvalue weighted by Gasteiger charge is -2.26. The topological polar surface area (TPSA) is 79.5 Å². The van der Waals surface area contributed by atoms with E-state index in [1.807, 2.05) is 12.1 Å². The van der Waals surface area contributed by atoms with Gasteiger partial charge in [0, 0.05) is 12.2 Å². The molecular formula is C19H19N3O3. The average Bonchev–Trinajstić information content (AvgIpc) is 2.62. The molecule has 0 aliphatic carbocycles. The third-order valence-electron chi connectivity index (χ3n) is 4.58. The van der Waals surface area contributed by atoms with Crippen LogP contribution in [0.4, 0.5) is 11.4 Å². The van der Waals surface area contributed by atoms with Gasteiger partial charge in [0.25, 0.3) is 5.91 Å². The van der Waals surface area contributed by atoms with E-state index < -0.39 is 6.10 Å². The first-order valence-electron chi connectivity index (χ1n) is 8.33. The fourth-order valence-electron chi connectivity index (χ4n) is 3.16. The van der Waals surface area contributed by atoms with Crippen molar-refractivity contribution in [2.45, 2.75) is 32.0 Å². The molecule has 2 amide bonds. The van der Waals surface area contributed by atoms with Crippen LogP contribution in [0.15, 0.2) is 42.5 Å². The normalized spacial score (nSPS) is 21.4. The van der Waals surface area contributed by atoms with E-state index >= 15 is 0 Å². The van der Waals surface area contributed by atoms with E-state index in [1.54, 1.807) is 25.1 Å². The Morgan fingerprint density at radius 2 is 2.00 bits per heavy atom. The van der Waals surface area contributed by atoms with Crippen molar-refractivity contribution in [2.75, 3.05) is 10.6 Å². The highest BCUT2D eigenvalue weighted by atomic mass is 16.5. The maximum atomic E-state index is 12.6. The van der Waals surface area contributed by atoms with Gasteiger partial charge < -0.3 is 20.7 Å². The van der Waals surface area contributed by atoms with E-state index in [9.17, 15) is 9.59 Å². The van der Waals surface area contributed by atoms with Gasteiger partial charge in [-0.1, -0.05) is 24.3 Å². The fraction of sp³-hybridized carbons (Fsp3) is 0.263. The number of carbonyl (C=O) groups is 2. The van der Waals surface area contributed by atoms with Crippen LogP contribution in [0, 0.1) is 0 Å². The molecule has 2 unspecified atom stereocenters. The molecule has 0 saturated heterocycles. The lowest BCUT2D eigenvalue weighted by Crippen LogP contribution is -2.44. The largest absolute Gasteiger partial charge is 0.479 e. The molecular weight excluding hydrogens is 318 g/mol. The van der Waals surface area contributed by atoms with Crippen molar-refractivity contribution in [1.29, 1.82) is 0 Å². The molecule has 2 aromatic rings. The van der Waals surface area contributed by atoms with Crippen LogP contribution in [-0.2, 0) is 22.6 Å². The molecule has 2 aliphatic heterocycles. The second-order valence-electron chi connectivity index (χ2n) is 6.36. The van der Waals surface area contributed by atoms with Gasteiger partial charge in [-0.3, -0.25) is 9.59 Å². The van der Waals surface area contributed by atoms with Gasteiger partial charge in [-0.05, 0) is 42.7 Å². The van der Waals surface area contributed by atoms with E-state index in [2.05, 4.69) is 28.1 Å². The summed E-state index contributed by atoms with van der Waals surface area (Å²) < 4.78 is 5.52. The Kier molecular flexibility index (Phi) is 3.89. The summed E-state index contributed by atoms with van der Waals surface area (Å²) in [5, 5.41) is 8.96. The molecule has 3 N–H and O–H groups in total. The smallest absolute Gasteiger partial charge is 0.265 e. The van der Waals surface area contributed by atoms with E-state index in [-0.39, 0.29) is 17.9 Å². The molecule has 4 rings (SSSR count). The highest BCUT2D eigenvalue weighted by molar-refractivity contribution is 6.00. The maximum Gasteiger partial charge on any atom is 0.265 e. The average molecular weight is 337 g/mol. The first-order valence-corrected chi connectivity index (χ1v) is 8.33. The SMILES string of the molecule is CC1Oc2ccc(NC(=O)C3Cc4ccccc4CN3)cc2NC1=O. The summed E-state index contributed by atoms with van der Waals surface area (Å²) in [5.41, 5.74) is 3.63. The van der Waals surface area contributed by atoms with Crippen molar-refractivity contribution in [3.63, 3.8) is 0 Å². The molecule has 2 aliphatic rings. The summed E-state index contributed by atoms with van der Waals surface area (Å²) >= 11 is 0. The number of amides is 2. The van der Waals surface area contributed by atoms with Crippen LogP contribution in [-0.4, -0.2) is 24.0 Å². The van der Waals surface area contributed by atoms with Gasteiger partial charge in [0.15, 0.2) is 6.10 Å². The second-order valence-corrected chi connectivity index (χ2v) is 6.36. The van der Waals surface area contributed by atoms with Crippen LogP contribution in [0.1, 0.15) is 18.1 Å². The zero-order valence-corrected chi connectivity index (χ0v) is 13.8. The number of benzene rings is 2. The Bertz CT molecular complexity index is 850. The van der Waals surface area contributed by atoms with Gasteiger partial charge in [-0.25, -0.2) is 0 Å². The summed E-state index contributed by atoms with van der Waals surface area (Å²) in [5.74, 6) is 0.322. The molecule has 0 fully saturated rings. The van der Waals surface area contributed by atoms with Crippen molar-refractivity contribution in [1.82, 2.24) is 5.32 Å². The van der Waals surface area contributed by atoms with Crippen molar-refractivity contribution in [2.24, 2.45) is 0 Å². The molecule has 6 nitrogen and oxygen atoms in total. The summed E-state index contributed by atoms with van der Waals surface area (Å²) in [6, 6.07) is 13.1. The molecule has 0 saturated carbocycles. The molecule has 0 spiro atoms. The number of carbonyl (C=O) groups excluding carboxylic acids is 2. The highest BCUT2D eigenvalue weighted by Crippen LogP contribution is 2.32. The first kappa shape index (κ1) is 15.7. The standard InChI is InChI=1S/C19H19N3O3/c1-11-18(23)22-15-9-14(6-7-17(15)25-11)21-19(24)16-8-12-4-2-3-5-13(12)10-20-16/h2-7,9,11,16,20H,8,10H2,1H3,(H,21,24)(H,22,23). The van der Waals surface area contributed by atoms with Gasteiger partial charge in [-0.15, -0.1) is 0 Å². The second kappa shape index (κ2) is 6.22. The van der Waals surface area contributed by atoms with E-state index in [0.29, 0.717) is 30.1 Å². The van der Waals surface area contributed by atoms with Crippen molar-refractivity contribution < 1.29 is 14.3 Å². The highest BCUT2D eigenvalue weighted by Gasteiger charge is 2.26. The van der Waals surface area contributed by atoms with Gasteiger partial charge in [-0.2, -0.15) is 0 Å². The Hall–Kier alpha value is -2.86. The van der Waals surface area contributed by atoms with Crippen LogP contribution >= 0.6 is 0 Å². The Balaban J connectivity index is 1.47. The zero-order valence-electron chi connectivity index (χ0n) is 13.8. The van der Waals surface area contributed by atoms with Gasteiger partial charge in [0.2, 0.25) is 5.91 Å². The first-order chi connectivity index (χ1) is 12.1. The predicted molar refractivity (Wildman–Crippen MR) is 94.6 cm³/mol. The number of anilines is 2. The van der Waals surface area contributed by atoms with Gasteiger partial charge >= 0.3 is 0 Å². The molecule has 0 radical (unpaired) electrons. The summed E-state index contributed by atoms with van der Waals surface area (Å²) in [7, 11) is 0. The molecule has 0 aromatic heterocycles. The number of ether oxygens (including phenoxy) is 1. The molecule has 2 aromatic carbocycles. The summed E-state index contributed by atoms with van der Waals surface area (Å²) in [4.78, 5) is 24.3. The fourth-order valence-corrected chi connectivity index (χ4v) is 3.16. The number of nitrogens with one attached hydrogen (secondary N) is 3. The predicted octanol–water partition coefficient (Wildman–Crippen LogP) is 2.06.